The van der Waals surface area contributed by atoms with Crippen molar-refractivity contribution in [1.82, 2.24) is 19.5 Å². The molecule has 12 aromatic rings. The lowest BCUT2D eigenvalue weighted by molar-refractivity contribution is 0.794. The lowest BCUT2D eigenvalue weighted by atomic mass is 9.70. The molecule has 2 heterocycles. The summed E-state index contributed by atoms with van der Waals surface area (Å²) in [5.74, 6) is 1.77. The summed E-state index contributed by atoms with van der Waals surface area (Å²) in [6, 6.07) is 87.4. The lowest BCUT2D eigenvalue weighted by Crippen LogP contribution is -2.25. The summed E-state index contributed by atoms with van der Waals surface area (Å²) < 4.78 is 2.28. The second kappa shape index (κ2) is 15.0. The fourth-order valence-corrected chi connectivity index (χ4v) is 11.4. The molecule has 2 aliphatic carbocycles. The number of nitrogens with zero attached hydrogens (tertiary/aromatic N) is 4. The topological polar surface area (TPSA) is 43.6 Å². The van der Waals surface area contributed by atoms with Gasteiger partial charge in [-0.2, -0.15) is 9.97 Å². The minimum Gasteiger partial charge on any atom is -0.277 e. The summed E-state index contributed by atoms with van der Waals surface area (Å²) in [4.78, 5) is 16.1. The first-order valence-corrected chi connectivity index (χ1v) is 23.3. The van der Waals surface area contributed by atoms with Crippen LogP contribution in [0, 0.1) is 0 Å². The van der Waals surface area contributed by atoms with Gasteiger partial charge < -0.3 is 0 Å². The first-order valence-electron chi connectivity index (χ1n) is 23.3. The second-order valence-electron chi connectivity index (χ2n) is 17.8. The maximum atomic E-state index is 5.43. The van der Waals surface area contributed by atoms with Crippen LogP contribution in [0.15, 0.2) is 243 Å². The van der Waals surface area contributed by atoms with E-state index in [0.717, 1.165) is 60.8 Å². The SMILES string of the molecule is c1ccc(-c2ccc(-c3nc(-c4ccc(-c5ccccc5)cc4)nc(-n4c5ccccc5c5cccc(-c6cccc7c6-c6ccccc6C76c7ccccc7-c7ccccc76)c54)n3)cc2)cc1. The van der Waals surface area contributed by atoms with E-state index in [1.807, 2.05) is 12.1 Å². The Balaban J connectivity index is 1.02. The van der Waals surface area contributed by atoms with Gasteiger partial charge in [0.05, 0.1) is 16.4 Å². The molecule has 0 unspecified atom stereocenters. The summed E-state index contributed by atoms with van der Waals surface area (Å²) in [5, 5.41) is 2.27. The first kappa shape index (κ1) is 38.3. The quantitative estimate of drug-likeness (QED) is 0.167. The van der Waals surface area contributed by atoms with E-state index in [0.29, 0.717) is 17.6 Å². The predicted molar refractivity (Wildman–Crippen MR) is 278 cm³/mol. The molecule has 4 nitrogen and oxygen atoms in total. The third-order valence-electron chi connectivity index (χ3n) is 14.3. The van der Waals surface area contributed by atoms with E-state index in [4.69, 9.17) is 15.0 Å². The van der Waals surface area contributed by atoms with Gasteiger partial charge in [0, 0.05) is 27.5 Å². The van der Waals surface area contributed by atoms with Gasteiger partial charge >= 0.3 is 0 Å². The highest BCUT2D eigenvalue weighted by Crippen LogP contribution is 2.64. The molecule has 0 radical (unpaired) electrons. The summed E-state index contributed by atoms with van der Waals surface area (Å²) >= 11 is 0. The van der Waals surface area contributed by atoms with E-state index in [-0.39, 0.29) is 0 Å². The van der Waals surface area contributed by atoms with Crippen molar-refractivity contribution in [1.29, 1.82) is 0 Å². The lowest BCUT2D eigenvalue weighted by Gasteiger charge is -2.30. The van der Waals surface area contributed by atoms with E-state index < -0.39 is 5.41 Å². The van der Waals surface area contributed by atoms with E-state index >= 15 is 0 Å². The Labute approximate surface area is 394 Å². The number of benzene rings is 10. The molecule has 0 saturated carbocycles. The highest BCUT2D eigenvalue weighted by Gasteiger charge is 2.52. The number of aromatic nitrogens is 4. The summed E-state index contributed by atoms with van der Waals surface area (Å²) in [5.41, 5.74) is 20.7. The number of fused-ring (bicyclic) bond motifs is 13. The van der Waals surface area contributed by atoms with Crippen LogP contribution < -0.4 is 0 Å². The van der Waals surface area contributed by atoms with Crippen LogP contribution in [0.25, 0.3) is 106 Å². The van der Waals surface area contributed by atoms with Crippen molar-refractivity contribution in [3.63, 3.8) is 0 Å². The van der Waals surface area contributed by atoms with Crippen molar-refractivity contribution in [2.45, 2.75) is 5.41 Å². The number of para-hydroxylation sites is 2. The monoisotopic (exact) mass is 864 g/mol. The average Bonchev–Trinajstić information content (AvgIpc) is 4.04. The molecule has 4 heteroatoms. The van der Waals surface area contributed by atoms with Crippen molar-refractivity contribution in [2.75, 3.05) is 0 Å². The van der Waals surface area contributed by atoms with Crippen LogP contribution >= 0.6 is 0 Å². The van der Waals surface area contributed by atoms with Gasteiger partial charge in [-0.1, -0.05) is 237 Å². The molecular formula is C64H40N4. The Morgan fingerprint density at radius 1 is 0.279 bits per heavy atom. The third kappa shape index (κ3) is 5.58. The van der Waals surface area contributed by atoms with Gasteiger partial charge in [0.15, 0.2) is 11.6 Å². The highest BCUT2D eigenvalue weighted by molar-refractivity contribution is 6.15. The maximum absolute atomic E-state index is 5.43. The van der Waals surface area contributed by atoms with Crippen molar-refractivity contribution in [3.05, 3.63) is 265 Å². The molecule has 2 aromatic heterocycles. The van der Waals surface area contributed by atoms with E-state index in [9.17, 15) is 0 Å². The average molecular weight is 865 g/mol. The molecule has 1 spiro atoms. The Bertz CT molecular complexity index is 3800. The number of hydrogen-bond acceptors (Lipinski definition) is 3. The smallest absolute Gasteiger partial charge is 0.238 e. The van der Waals surface area contributed by atoms with Gasteiger partial charge in [-0.3, -0.25) is 4.57 Å². The molecule has 0 fully saturated rings. The van der Waals surface area contributed by atoms with Crippen LogP contribution in [0.5, 0.6) is 0 Å². The molecule has 2 aliphatic rings. The minimum atomic E-state index is -0.458. The molecule has 10 aromatic carbocycles. The van der Waals surface area contributed by atoms with Crippen LogP contribution in [0.1, 0.15) is 22.3 Å². The Hall–Kier alpha value is -8.99. The maximum Gasteiger partial charge on any atom is 0.238 e. The Morgan fingerprint density at radius 3 is 1.29 bits per heavy atom. The number of hydrogen-bond donors (Lipinski definition) is 0. The number of rotatable bonds is 6. The fraction of sp³-hybridized carbons (Fsp3) is 0.0156. The zero-order valence-electron chi connectivity index (χ0n) is 36.9. The molecule has 316 valence electrons. The van der Waals surface area contributed by atoms with E-state index in [1.165, 1.54) is 50.1 Å². The van der Waals surface area contributed by atoms with Crippen molar-refractivity contribution < 1.29 is 0 Å². The third-order valence-corrected chi connectivity index (χ3v) is 14.3. The fourth-order valence-electron chi connectivity index (χ4n) is 11.4. The molecular weight excluding hydrogens is 825 g/mol. The molecule has 0 amide bonds. The minimum absolute atomic E-state index is 0.458. The molecule has 0 N–H and O–H groups in total. The largest absolute Gasteiger partial charge is 0.277 e. The zero-order valence-corrected chi connectivity index (χ0v) is 36.9. The summed E-state index contributed by atoms with van der Waals surface area (Å²) in [6.45, 7) is 0. The molecule has 0 aliphatic heterocycles. The van der Waals surface area contributed by atoms with Gasteiger partial charge in [-0.05, 0) is 78.4 Å². The molecule has 0 saturated heterocycles. The first-order chi connectivity index (χ1) is 33.7. The van der Waals surface area contributed by atoms with Crippen LogP contribution in [0.4, 0.5) is 0 Å². The predicted octanol–water partition coefficient (Wildman–Crippen LogP) is 15.6. The van der Waals surface area contributed by atoms with Crippen LogP contribution in [-0.4, -0.2) is 19.5 Å². The van der Waals surface area contributed by atoms with Crippen molar-refractivity contribution in [2.24, 2.45) is 0 Å². The van der Waals surface area contributed by atoms with Gasteiger partial charge in [-0.15, -0.1) is 0 Å². The van der Waals surface area contributed by atoms with Crippen molar-refractivity contribution >= 4 is 21.8 Å². The summed E-state index contributed by atoms with van der Waals surface area (Å²) in [7, 11) is 0. The Morgan fingerprint density at radius 2 is 0.691 bits per heavy atom. The van der Waals surface area contributed by atoms with Crippen LogP contribution in [-0.2, 0) is 5.41 Å². The van der Waals surface area contributed by atoms with E-state index in [2.05, 4.69) is 235 Å². The van der Waals surface area contributed by atoms with Gasteiger partial charge in [0.2, 0.25) is 5.95 Å². The Kier molecular flexibility index (Phi) is 8.46. The van der Waals surface area contributed by atoms with Gasteiger partial charge in [0.1, 0.15) is 0 Å². The zero-order chi connectivity index (χ0) is 44.8. The van der Waals surface area contributed by atoms with Gasteiger partial charge in [-0.25, -0.2) is 4.98 Å². The molecule has 0 bridgehead atoms. The second-order valence-corrected chi connectivity index (χ2v) is 17.8. The van der Waals surface area contributed by atoms with E-state index in [1.54, 1.807) is 0 Å². The normalized spacial score (nSPS) is 12.8. The highest BCUT2D eigenvalue weighted by atomic mass is 15.2. The van der Waals surface area contributed by atoms with Gasteiger partial charge in [0.25, 0.3) is 0 Å². The standard InChI is InChI=1S/C64H40N4/c1-3-17-41(18-4-1)43-33-37-45(38-34-43)61-65-62(46-39-35-44(36-40-46)42-19-5-2-6-20-42)67-63(66-61)68-58-32-14-10-23-49(58)51-26-15-27-52(60(51)68)50-25-16-31-57-59(50)53-24-9-13-30-56(53)64(57)54-28-11-7-21-47(54)48-22-8-12-29-55(48)64/h1-40H. The van der Waals surface area contributed by atoms with Crippen LogP contribution in [0.3, 0.4) is 0 Å². The van der Waals surface area contributed by atoms with Crippen molar-refractivity contribution in [3.8, 4) is 84.4 Å². The molecule has 0 atom stereocenters. The molecule has 68 heavy (non-hydrogen) atoms. The van der Waals surface area contributed by atoms with Crippen LogP contribution in [0.2, 0.25) is 0 Å². The summed E-state index contributed by atoms with van der Waals surface area (Å²) in [6.07, 6.45) is 0. The molecule has 14 rings (SSSR count).